The Morgan fingerprint density at radius 2 is 1.66 bits per heavy atom. The molecule has 0 radical (unpaired) electrons. The minimum Gasteiger partial charge on any atom is -0.406 e. The Bertz CT molecular complexity index is 1660. The van der Waals surface area contributed by atoms with Gasteiger partial charge in [0.15, 0.2) is 0 Å². The third kappa shape index (κ3) is 6.72. The molecule has 236 valence electrons. The lowest BCUT2D eigenvalue weighted by atomic mass is 9.88. The van der Waals surface area contributed by atoms with Crippen molar-refractivity contribution >= 4 is 33.3 Å². The van der Waals surface area contributed by atoms with Crippen molar-refractivity contribution in [2.75, 3.05) is 10.6 Å². The van der Waals surface area contributed by atoms with Gasteiger partial charge in [0, 0.05) is 11.6 Å². The van der Waals surface area contributed by atoms with E-state index in [0.717, 1.165) is 21.6 Å². The molecule has 1 aromatic carbocycles. The highest BCUT2D eigenvalue weighted by Gasteiger charge is 2.48. The molecule has 1 fully saturated rings. The van der Waals surface area contributed by atoms with E-state index in [4.69, 9.17) is 9.97 Å². The number of ether oxygens (including phenoxy) is 1. The number of benzene rings is 1. The van der Waals surface area contributed by atoms with Crippen molar-refractivity contribution in [2.24, 2.45) is 5.92 Å². The number of rotatable bonds is 8. The highest BCUT2D eigenvalue weighted by atomic mass is 32.1. The zero-order valence-electron chi connectivity index (χ0n) is 25.1. The summed E-state index contributed by atoms with van der Waals surface area (Å²) in [6.45, 7) is 10.6. The molecule has 1 aliphatic rings. The molecular weight excluding hydrogens is 597 g/mol. The van der Waals surface area contributed by atoms with Gasteiger partial charge in [0.2, 0.25) is 5.95 Å². The summed E-state index contributed by atoms with van der Waals surface area (Å²) < 4.78 is 42.7. The van der Waals surface area contributed by atoms with E-state index in [1.165, 1.54) is 35.6 Å². The first kappa shape index (κ1) is 31.8. The normalized spacial score (nSPS) is 21.5. The number of anilines is 2. The summed E-state index contributed by atoms with van der Waals surface area (Å²) in [7, 11) is 0. The smallest absolute Gasteiger partial charge is 0.406 e. The standard InChI is InChI=1S/C30H35F3N6O4S/c1-13-11-21-23(16(4)34-13)38-27(44-21)22-15(3)36-28(35-14(2)17-7-9-18(10-8-17)43-30(31,32)33)39-26(22)37-20-12-19(29(5,6)42)24(40)25(20)41/h7-11,14,19-20,24-25,40-42H,12H2,1-6H3,(H2,35,36,37,39)/t14-,19?,20-,24-,25+/m1/s1. The fourth-order valence-electron chi connectivity index (χ4n) is 5.62. The van der Waals surface area contributed by atoms with Crippen LogP contribution in [-0.2, 0) is 0 Å². The summed E-state index contributed by atoms with van der Waals surface area (Å²) in [5.74, 6) is -0.300. The van der Waals surface area contributed by atoms with E-state index in [-0.39, 0.29) is 18.1 Å². The number of fused-ring (bicyclic) bond motifs is 1. The lowest BCUT2D eigenvalue weighted by Crippen LogP contribution is -2.40. The van der Waals surface area contributed by atoms with Crippen molar-refractivity contribution in [1.29, 1.82) is 0 Å². The van der Waals surface area contributed by atoms with Gasteiger partial charge < -0.3 is 30.7 Å². The second kappa shape index (κ2) is 11.7. The van der Waals surface area contributed by atoms with Crippen LogP contribution in [0.3, 0.4) is 0 Å². The Hall–Kier alpha value is -3.59. The largest absolute Gasteiger partial charge is 0.573 e. The van der Waals surface area contributed by atoms with Gasteiger partial charge in [-0.25, -0.2) is 9.97 Å². The Morgan fingerprint density at radius 3 is 2.27 bits per heavy atom. The molecule has 0 aliphatic heterocycles. The Labute approximate surface area is 256 Å². The van der Waals surface area contributed by atoms with E-state index >= 15 is 0 Å². The monoisotopic (exact) mass is 632 g/mol. The van der Waals surface area contributed by atoms with Gasteiger partial charge in [0.25, 0.3) is 0 Å². The number of aliphatic hydroxyl groups excluding tert-OH is 2. The molecule has 44 heavy (non-hydrogen) atoms. The average molecular weight is 633 g/mol. The van der Waals surface area contributed by atoms with E-state index in [1.54, 1.807) is 13.8 Å². The van der Waals surface area contributed by atoms with Crippen molar-refractivity contribution in [3.05, 3.63) is 53.0 Å². The molecule has 5 atom stereocenters. The van der Waals surface area contributed by atoms with Gasteiger partial charge in [-0.15, -0.1) is 24.5 Å². The first-order chi connectivity index (χ1) is 20.5. The van der Waals surface area contributed by atoms with Crippen molar-refractivity contribution in [1.82, 2.24) is 19.9 Å². The summed E-state index contributed by atoms with van der Waals surface area (Å²) in [6, 6.07) is 6.44. The minimum absolute atomic E-state index is 0.235. The van der Waals surface area contributed by atoms with Crippen LogP contribution in [0, 0.1) is 26.7 Å². The quantitative estimate of drug-likeness (QED) is 0.170. The van der Waals surface area contributed by atoms with Gasteiger partial charge in [0.1, 0.15) is 28.2 Å². The predicted molar refractivity (Wildman–Crippen MR) is 162 cm³/mol. The number of aromatic nitrogens is 4. The fourth-order valence-corrected chi connectivity index (χ4v) is 6.83. The molecule has 3 heterocycles. The lowest BCUT2D eigenvalue weighted by Gasteiger charge is -2.28. The van der Waals surface area contributed by atoms with Gasteiger partial charge in [-0.05, 0) is 71.7 Å². The van der Waals surface area contributed by atoms with Crippen LogP contribution in [-0.4, -0.2) is 65.5 Å². The minimum atomic E-state index is -4.78. The third-order valence-corrected chi connectivity index (χ3v) is 8.87. The molecule has 10 nitrogen and oxygen atoms in total. The van der Waals surface area contributed by atoms with Crippen LogP contribution in [0.4, 0.5) is 24.9 Å². The summed E-state index contributed by atoms with van der Waals surface area (Å²) in [5.41, 5.74) is 3.06. The van der Waals surface area contributed by atoms with Crippen LogP contribution in [0.1, 0.15) is 55.9 Å². The number of thiazole rings is 1. The van der Waals surface area contributed by atoms with Crippen LogP contribution in [0.25, 0.3) is 20.8 Å². The number of aryl methyl sites for hydroxylation is 3. The van der Waals surface area contributed by atoms with E-state index in [0.29, 0.717) is 27.6 Å². The molecule has 1 saturated carbocycles. The van der Waals surface area contributed by atoms with Gasteiger partial charge in [-0.1, -0.05) is 12.1 Å². The highest BCUT2D eigenvalue weighted by Crippen LogP contribution is 2.40. The molecule has 14 heteroatoms. The number of halogens is 3. The molecule has 1 aliphatic carbocycles. The molecule has 5 N–H and O–H groups in total. The first-order valence-electron chi connectivity index (χ1n) is 14.1. The molecule has 5 rings (SSSR count). The number of hydrogen-bond acceptors (Lipinski definition) is 11. The van der Waals surface area contributed by atoms with Crippen LogP contribution in [0.15, 0.2) is 30.3 Å². The summed E-state index contributed by atoms with van der Waals surface area (Å²) >= 11 is 1.46. The van der Waals surface area contributed by atoms with Crippen molar-refractivity contribution in [3.8, 4) is 16.3 Å². The van der Waals surface area contributed by atoms with Gasteiger partial charge >= 0.3 is 6.36 Å². The van der Waals surface area contributed by atoms with Crippen LogP contribution >= 0.6 is 11.3 Å². The highest BCUT2D eigenvalue weighted by molar-refractivity contribution is 7.21. The maximum Gasteiger partial charge on any atom is 0.573 e. The van der Waals surface area contributed by atoms with Crippen molar-refractivity contribution < 1.29 is 33.2 Å². The molecular formula is C30H35F3N6O4S. The zero-order chi connectivity index (χ0) is 32.1. The topological polar surface area (TPSA) is 146 Å². The van der Waals surface area contributed by atoms with Crippen molar-refractivity contribution in [2.45, 2.75) is 84.2 Å². The van der Waals surface area contributed by atoms with E-state index in [1.807, 2.05) is 33.8 Å². The predicted octanol–water partition coefficient (Wildman–Crippen LogP) is 5.44. The Kier molecular flexibility index (Phi) is 8.48. The zero-order valence-corrected chi connectivity index (χ0v) is 25.9. The van der Waals surface area contributed by atoms with Crippen molar-refractivity contribution in [3.63, 3.8) is 0 Å². The van der Waals surface area contributed by atoms with E-state index in [2.05, 4.69) is 25.3 Å². The summed E-state index contributed by atoms with van der Waals surface area (Å²) in [4.78, 5) is 18.8. The van der Waals surface area contributed by atoms with Gasteiger partial charge in [-0.3, -0.25) is 4.98 Å². The number of aliphatic hydroxyl groups is 3. The van der Waals surface area contributed by atoms with E-state index in [9.17, 15) is 28.5 Å². The lowest BCUT2D eigenvalue weighted by molar-refractivity contribution is -0.274. The summed E-state index contributed by atoms with van der Waals surface area (Å²) in [6.07, 6.45) is -6.83. The third-order valence-electron chi connectivity index (χ3n) is 7.85. The molecule has 0 amide bonds. The summed E-state index contributed by atoms with van der Waals surface area (Å²) in [5, 5.41) is 39.4. The average Bonchev–Trinajstić information content (AvgIpc) is 3.44. The van der Waals surface area contributed by atoms with Crippen LogP contribution in [0.2, 0.25) is 0 Å². The molecule has 0 saturated heterocycles. The van der Waals surface area contributed by atoms with Gasteiger partial charge in [-0.2, -0.15) is 4.98 Å². The first-order valence-corrected chi connectivity index (χ1v) is 14.9. The SMILES string of the molecule is Cc1cc2sc(-c3c(C)nc(N[C@H](C)c4ccc(OC(F)(F)F)cc4)nc3N[C@@H]3CC(C(C)(C)O)[C@@H](O)[C@H]3O)nc2c(C)n1. The number of nitrogens with one attached hydrogen (secondary N) is 2. The number of pyridine rings is 1. The molecule has 1 unspecified atom stereocenters. The fraction of sp³-hybridized carbons (Fsp3) is 0.467. The number of hydrogen-bond donors (Lipinski definition) is 5. The van der Waals surface area contributed by atoms with Crippen LogP contribution in [0.5, 0.6) is 5.75 Å². The maximum atomic E-state index is 12.6. The molecule has 0 spiro atoms. The second-order valence-electron chi connectivity index (χ2n) is 11.8. The number of nitrogens with zero attached hydrogens (tertiary/aromatic N) is 4. The maximum absolute atomic E-state index is 12.6. The van der Waals surface area contributed by atoms with Crippen LogP contribution < -0.4 is 15.4 Å². The molecule has 0 bridgehead atoms. The molecule has 4 aromatic rings. The number of alkyl halides is 3. The second-order valence-corrected chi connectivity index (χ2v) is 12.8. The molecule has 3 aromatic heterocycles. The Morgan fingerprint density at radius 1 is 0.977 bits per heavy atom. The van der Waals surface area contributed by atoms with E-state index < -0.39 is 42.2 Å². The Balaban J connectivity index is 1.51. The van der Waals surface area contributed by atoms with Gasteiger partial charge in [0.05, 0.1) is 45.4 Å².